The molecule has 164 valence electrons. The summed E-state index contributed by atoms with van der Waals surface area (Å²) >= 11 is 11.8. The van der Waals surface area contributed by atoms with E-state index in [0.717, 1.165) is 5.56 Å². The summed E-state index contributed by atoms with van der Waals surface area (Å²) in [7, 11) is 1.52. The van der Waals surface area contributed by atoms with Gasteiger partial charge in [0.1, 0.15) is 6.61 Å². The summed E-state index contributed by atoms with van der Waals surface area (Å²) in [6, 6.07) is 19.1. The Kier molecular flexibility index (Phi) is 8.08. The van der Waals surface area contributed by atoms with Crippen LogP contribution >= 0.6 is 23.2 Å². The van der Waals surface area contributed by atoms with E-state index in [1.807, 2.05) is 12.1 Å². The first kappa shape index (κ1) is 23.1. The van der Waals surface area contributed by atoms with E-state index in [4.69, 9.17) is 32.7 Å². The van der Waals surface area contributed by atoms with Gasteiger partial charge in [0.15, 0.2) is 11.5 Å². The monoisotopic (exact) mass is 471 g/mol. The minimum absolute atomic E-state index is 0.322. The van der Waals surface area contributed by atoms with Gasteiger partial charge in [-0.05, 0) is 53.6 Å². The number of amides is 2. The van der Waals surface area contributed by atoms with Crippen LogP contribution in [0.4, 0.5) is 5.69 Å². The van der Waals surface area contributed by atoms with E-state index in [2.05, 4.69) is 15.8 Å². The van der Waals surface area contributed by atoms with Crippen LogP contribution in [-0.2, 0) is 16.2 Å². The van der Waals surface area contributed by atoms with Gasteiger partial charge in [0.2, 0.25) is 0 Å². The SMILES string of the molecule is COc1cc(/C=N\NC(=O)C(=O)Nc2ccccc2Cl)ccc1OCc1ccc(Cl)cc1. The van der Waals surface area contributed by atoms with Gasteiger partial charge in [0.25, 0.3) is 0 Å². The number of carbonyl (C=O) groups excluding carboxylic acids is 2. The van der Waals surface area contributed by atoms with E-state index >= 15 is 0 Å². The Morgan fingerprint density at radius 1 is 0.969 bits per heavy atom. The maximum absolute atomic E-state index is 12.0. The van der Waals surface area contributed by atoms with Crippen LogP contribution in [-0.4, -0.2) is 25.1 Å². The molecule has 7 nitrogen and oxygen atoms in total. The minimum atomic E-state index is -0.934. The highest BCUT2D eigenvalue weighted by atomic mass is 35.5. The highest BCUT2D eigenvalue weighted by Gasteiger charge is 2.14. The zero-order chi connectivity index (χ0) is 22.9. The van der Waals surface area contributed by atoms with Crippen LogP contribution in [0.25, 0.3) is 0 Å². The molecule has 0 heterocycles. The van der Waals surface area contributed by atoms with Crippen molar-refractivity contribution < 1.29 is 19.1 Å². The zero-order valence-electron chi connectivity index (χ0n) is 17.0. The van der Waals surface area contributed by atoms with Crippen molar-refractivity contribution in [3.63, 3.8) is 0 Å². The number of halogens is 2. The largest absolute Gasteiger partial charge is 0.493 e. The second-order valence-corrected chi connectivity index (χ2v) is 7.30. The first-order valence-corrected chi connectivity index (χ1v) is 10.2. The molecule has 3 aromatic rings. The van der Waals surface area contributed by atoms with E-state index in [1.54, 1.807) is 54.6 Å². The van der Waals surface area contributed by atoms with Crippen LogP contribution in [0.2, 0.25) is 10.0 Å². The van der Waals surface area contributed by atoms with Gasteiger partial charge in [0, 0.05) is 5.02 Å². The lowest BCUT2D eigenvalue weighted by Gasteiger charge is -2.11. The predicted octanol–water partition coefficient (Wildman–Crippen LogP) is 4.67. The molecule has 2 N–H and O–H groups in total. The molecule has 9 heteroatoms. The van der Waals surface area contributed by atoms with E-state index < -0.39 is 11.8 Å². The van der Waals surface area contributed by atoms with E-state index in [0.29, 0.717) is 39.4 Å². The zero-order valence-corrected chi connectivity index (χ0v) is 18.5. The summed E-state index contributed by atoms with van der Waals surface area (Å²) in [5.41, 5.74) is 4.09. The molecule has 0 aromatic heterocycles. The number of nitrogens with zero attached hydrogens (tertiary/aromatic N) is 1. The third-order valence-electron chi connectivity index (χ3n) is 4.20. The average Bonchev–Trinajstić information content (AvgIpc) is 2.80. The predicted molar refractivity (Wildman–Crippen MR) is 125 cm³/mol. The molecule has 0 saturated carbocycles. The smallest absolute Gasteiger partial charge is 0.329 e. The lowest BCUT2D eigenvalue weighted by molar-refractivity contribution is -0.136. The molecule has 3 aromatic carbocycles. The van der Waals surface area contributed by atoms with Crippen molar-refractivity contribution in [2.75, 3.05) is 12.4 Å². The number of hydrogen-bond acceptors (Lipinski definition) is 5. The van der Waals surface area contributed by atoms with Crippen molar-refractivity contribution in [2.45, 2.75) is 6.61 Å². The molecule has 0 radical (unpaired) electrons. The lowest BCUT2D eigenvalue weighted by atomic mass is 10.2. The van der Waals surface area contributed by atoms with E-state index in [1.165, 1.54) is 13.3 Å². The summed E-state index contributed by atoms with van der Waals surface area (Å²) in [4.78, 5) is 23.9. The number of carbonyl (C=O) groups is 2. The van der Waals surface area contributed by atoms with Gasteiger partial charge >= 0.3 is 11.8 Å². The van der Waals surface area contributed by atoms with Gasteiger partial charge in [-0.15, -0.1) is 0 Å². The number of ether oxygens (including phenoxy) is 2. The fourth-order valence-corrected chi connectivity index (χ4v) is 2.89. The third kappa shape index (κ3) is 6.47. The summed E-state index contributed by atoms with van der Waals surface area (Å²) < 4.78 is 11.2. The molecule has 0 unspecified atom stereocenters. The van der Waals surface area contributed by atoms with Crippen molar-refractivity contribution in [3.05, 3.63) is 87.9 Å². The van der Waals surface area contributed by atoms with Crippen molar-refractivity contribution in [2.24, 2.45) is 5.10 Å². The Morgan fingerprint density at radius 2 is 1.72 bits per heavy atom. The number of rotatable bonds is 7. The number of anilines is 1. The van der Waals surface area contributed by atoms with Crippen LogP contribution in [0.3, 0.4) is 0 Å². The maximum Gasteiger partial charge on any atom is 0.329 e. The Hall–Kier alpha value is -3.55. The lowest BCUT2D eigenvalue weighted by Crippen LogP contribution is -2.32. The highest BCUT2D eigenvalue weighted by molar-refractivity contribution is 6.41. The first-order chi connectivity index (χ1) is 15.5. The summed E-state index contributed by atoms with van der Waals surface area (Å²) in [6.45, 7) is 0.345. The molecule has 0 aliphatic heterocycles. The van der Waals surface area contributed by atoms with Crippen molar-refractivity contribution in [1.29, 1.82) is 0 Å². The fraction of sp³-hybridized carbons (Fsp3) is 0.0870. The number of methoxy groups -OCH3 is 1. The van der Waals surface area contributed by atoms with Gasteiger partial charge in [-0.1, -0.05) is 47.5 Å². The second kappa shape index (κ2) is 11.2. The van der Waals surface area contributed by atoms with Gasteiger partial charge in [-0.3, -0.25) is 9.59 Å². The van der Waals surface area contributed by atoms with Gasteiger partial charge in [0.05, 0.1) is 24.0 Å². The highest BCUT2D eigenvalue weighted by Crippen LogP contribution is 2.28. The van der Waals surface area contributed by atoms with Crippen LogP contribution < -0.4 is 20.2 Å². The normalized spacial score (nSPS) is 10.6. The molecule has 0 saturated heterocycles. The molecule has 0 aliphatic carbocycles. The first-order valence-electron chi connectivity index (χ1n) is 9.40. The minimum Gasteiger partial charge on any atom is -0.493 e. The van der Waals surface area contributed by atoms with Crippen molar-refractivity contribution in [1.82, 2.24) is 5.43 Å². The average molecular weight is 472 g/mol. The maximum atomic E-state index is 12.0. The summed E-state index contributed by atoms with van der Waals surface area (Å²) in [5.74, 6) is -0.789. The molecule has 0 fully saturated rings. The second-order valence-electron chi connectivity index (χ2n) is 6.46. The standard InChI is InChI=1S/C23H19Cl2N3O4/c1-31-21-12-16(8-11-20(21)32-14-15-6-9-17(24)10-7-15)13-26-28-23(30)22(29)27-19-5-3-2-4-18(19)25/h2-13H,14H2,1H3,(H,27,29)(H,28,30)/b26-13-. The summed E-state index contributed by atoms with van der Waals surface area (Å²) in [6.07, 6.45) is 1.38. The van der Waals surface area contributed by atoms with E-state index in [-0.39, 0.29) is 0 Å². The topological polar surface area (TPSA) is 89.0 Å². The Morgan fingerprint density at radius 3 is 2.44 bits per heavy atom. The van der Waals surface area contributed by atoms with Crippen molar-refractivity contribution in [3.8, 4) is 11.5 Å². The van der Waals surface area contributed by atoms with Crippen molar-refractivity contribution >= 4 is 46.9 Å². The fourth-order valence-electron chi connectivity index (χ4n) is 2.58. The molecule has 3 rings (SSSR count). The molecular weight excluding hydrogens is 453 g/mol. The number of hydrogen-bond donors (Lipinski definition) is 2. The van der Waals surface area contributed by atoms with E-state index in [9.17, 15) is 9.59 Å². The Balaban J connectivity index is 1.57. The number of para-hydroxylation sites is 1. The Bertz CT molecular complexity index is 1130. The van der Waals surface area contributed by atoms with Gasteiger partial charge in [-0.2, -0.15) is 5.10 Å². The summed E-state index contributed by atoms with van der Waals surface area (Å²) in [5, 5.41) is 7.20. The van der Waals surface area contributed by atoms with Gasteiger partial charge < -0.3 is 14.8 Å². The number of nitrogens with one attached hydrogen (secondary N) is 2. The molecule has 32 heavy (non-hydrogen) atoms. The van der Waals surface area contributed by atoms with Crippen LogP contribution in [0.15, 0.2) is 71.8 Å². The molecule has 0 aliphatic rings. The van der Waals surface area contributed by atoms with Crippen LogP contribution in [0.5, 0.6) is 11.5 Å². The van der Waals surface area contributed by atoms with Gasteiger partial charge in [-0.25, -0.2) is 5.43 Å². The molecule has 0 spiro atoms. The molecular formula is C23H19Cl2N3O4. The van der Waals surface area contributed by atoms with Crippen LogP contribution in [0, 0.1) is 0 Å². The quantitative estimate of drug-likeness (QED) is 0.297. The number of benzene rings is 3. The molecule has 0 atom stereocenters. The molecule has 2 amide bonds. The molecule has 0 bridgehead atoms. The van der Waals surface area contributed by atoms with Crippen LogP contribution in [0.1, 0.15) is 11.1 Å². The third-order valence-corrected chi connectivity index (χ3v) is 4.78. The Labute approximate surface area is 194 Å². The number of hydrazone groups is 1.